The molecule has 3 heterocycles. The number of pyridine rings is 2. The van der Waals surface area contributed by atoms with Crippen LogP contribution in [0.5, 0.6) is 0 Å². The number of halogens is 5. The van der Waals surface area contributed by atoms with E-state index in [0.717, 1.165) is 18.2 Å². The Kier molecular flexibility index (Phi) is 5.93. The summed E-state index contributed by atoms with van der Waals surface area (Å²) in [5.74, 6) is -0.749. The summed E-state index contributed by atoms with van der Waals surface area (Å²) in [5, 5.41) is 5.74. The summed E-state index contributed by atoms with van der Waals surface area (Å²) >= 11 is 0. The number of H-pyrrole nitrogens is 1. The van der Waals surface area contributed by atoms with Gasteiger partial charge in [0.15, 0.2) is 0 Å². The maximum absolute atomic E-state index is 14.4. The molecule has 1 N–H and O–H groups in total. The van der Waals surface area contributed by atoms with E-state index in [1.54, 1.807) is 65.6 Å². The number of aromatic amines is 1. The van der Waals surface area contributed by atoms with Crippen LogP contribution in [0.1, 0.15) is 5.69 Å². The molecule has 0 atom stereocenters. The predicted molar refractivity (Wildman–Crippen MR) is 125 cm³/mol. The smallest absolute Gasteiger partial charge is 0.279 e. The van der Waals surface area contributed by atoms with E-state index in [1.165, 1.54) is 6.07 Å². The lowest BCUT2D eigenvalue weighted by Gasteiger charge is -2.24. The number of anilines is 3. The molecular weight excluding hydrogens is 477 g/mol. The Morgan fingerprint density at radius 1 is 0.667 bits per heavy atom. The molecule has 2 aromatic carbocycles. The van der Waals surface area contributed by atoms with E-state index in [2.05, 4.69) is 15.1 Å². The normalized spacial score (nSPS) is 11.5. The number of alkyl halides is 3. The molecule has 36 heavy (non-hydrogen) atoms. The van der Waals surface area contributed by atoms with Gasteiger partial charge < -0.3 is 0 Å². The Hall–Kier alpha value is -4.60. The summed E-state index contributed by atoms with van der Waals surface area (Å²) in [6.07, 6.45) is -4.57. The summed E-state index contributed by atoms with van der Waals surface area (Å²) in [7, 11) is 0. The highest BCUT2D eigenvalue weighted by molar-refractivity contribution is 5.75. The molecule has 5 aromatic rings. The first-order chi connectivity index (χ1) is 17.3. The summed E-state index contributed by atoms with van der Waals surface area (Å²) in [6.45, 7) is 0. The number of rotatable bonds is 5. The third-order valence-corrected chi connectivity index (χ3v) is 5.29. The van der Waals surface area contributed by atoms with Crippen molar-refractivity contribution in [1.82, 2.24) is 20.2 Å². The lowest BCUT2D eigenvalue weighted by molar-refractivity contribution is -0.141. The Balaban J connectivity index is 1.61. The molecule has 0 bridgehead atoms. The number of benzene rings is 2. The Labute approximate surface area is 201 Å². The molecule has 5 rings (SSSR count). The van der Waals surface area contributed by atoms with Crippen LogP contribution in [0, 0.1) is 11.6 Å². The molecule has 0 saturated heterocycles. The van der Waals surface area contributed by atoms with Crippen LogP contribution in [-0.2, 0) is 6.18 Å². The van der Waals surface area contributed by atoms with Gasteiger partial charge in [-0.1, -0.05) is 30.3 Å². The maximum Gasteiger partial charge on any atom is 0.432 e. The van der Waals surface area contributed by atoms with Crippen LogP contribution in [-0.4, -0.2) is 20.2 Å². The predicted octanol–water partition coefficient (Wildman–Crippen LogP) is 7.30. The summed E-state index contributed by atoms with van der Waals surface area (Å²) in [4.78, 5) is 10.8. The lowest BCUT2D eigenvalue weighted by Crippen LogP contribution is -2.13. The minimum Gasteiger partial charge on any atom is -0.279 e. The number of hydrogen-bond acceptors (Lipinski definition) is 4. The van der Waals surface area contributed by atoms with Crippen molar-refractivity contribution in [3.05, 3.63) is 108 Å². The Morgan fingerprint density at radius 3 is 1.97 bits per heavy atom. The first kappa shape index (κ1) is 23.2. The van der Waals surface area contributed by atoms with Gasteiger partial charge in [-0.2, -0.15) is 18.3 Å². The van der Waals surface area contributed by atoms with Crippen LogP contribution >= 0.6 is 0 Å². The van der Waals surface area contributed by atoms with Gasteiger partial charge in [-0.05, 0) is 54.6 Å². The van der Waals surface area contributed by atoms with E-state index < -0.39 is 23.5 Å². The minimum absolute atomic E-state index is 0.0206. The second-order valence-corrected chi connectivity index (χ2v) is 7.72. The van der Waals surface area contributed by atoms with Crippen LogP contribution in [0.3, 0.4) is 0 Å². The fraction of sp³-hybridized carbons (Fsp3) is 0.0385. The van der Waals surface area contributed by atoms with Gasteiger partial charge in [0, 0.05) is 17.3 Å². The summed E-state index contributed by atoms with van der Waals surface area (Å²) < 4.78 is 67.0. The fourth-order valence-electron chi connectivity index (χ4n) is 3.64. The summed E-state index contributed by atoms with van der Waals surface area (Å²) in [6, 6.07) is 22.9. The Bertz CT molecular complexity index is 1510. The van der Waals surface area contributed by atoms with E-state index in [4.69, 9.17) is 0 Å². The van der Waals surface area contributed by atoms with Gasteiger partial charge in [0.2, 0.25) is 0 Å². The van der Waals surface area contributed by atoms with Gasteiger partial charge in [-0.25, -0.2) is 18.7 Å². The molecule has 0 amide bonds. The van der Waals surface area contributed by atoms with E-state index in [1.807, 2.05) is 11.2 Å². The first-order valence-corrected chi connectivity index (χ1v) is 10.7. The molecule has 0 radical (unpaired) electrons. The number of hydrogen-bond donors (Lipinski definition) is 1. The molecule has 0 aliphatic heterocycles. The van der Waals surface area contributed by atoms with Gasteiger partial charge in [0.05, 0.1) is 11.4 Å². The highest BCUT2D eigenvalue weighted by Crippen LogP contribution is 2.35. The molecule has 3 aromatic heterocycles. The third kappa shape index (κ3) is 4.65. The molecule has 0 aliphatic rings. The monoisotopic (exact) mass is 493 g/mol. The van der Waals surface area contributed by atoms with E-state index in [-0.39, 0.29) is 22.6 Å². The average Bonchev–Trinajstić information content (AvgIpc) is 3.37. The number of nitrogens with one attached hydrogen (secondary N) is 1. The fourth-order valence-corrected chi connectivity index (χ4v) is 3.64. The van der Waals surface area contributed by atoms with Crippen LogP contribution < -0.4 is 4.90 Å². The van der Waals surface area contributed by atoms with Crippen molar-refractivity contribution in [2.45, 2.75) is 6.18 Å². The standard InChI is InChI=1S/C26H16F5N5/c27-16-12-13-18(19(28)14-16)20-8-4-10-24(32-20)36(17-6-2-1-3-7-17)25-11-5-9-21(33-25)22-15-23(35-34-22)26(29,30)31/h1-15H,(H,34,35). The molecule has 0 saturated carbocycles. The zero-order valence-corrected chi connectivity index (χ0v) is 18.3. The quantitative estimate of drug-likeness (QED) is 0.261. The van der Waals surface area contributed by atoms with Crippen LogP contribution in [0.15, 0.2) is 91.0 Å². The molecule has 0 unspecified atom stereocenters. The first-order valence-electron chi connectivity index (χ1n) is 10.7. The molecule has 0 aliphatic carbocycles. The SMILES string of the molecule is Fc1ccc(-c2cccc(N(c3ccccc3)c3cccc(-c4cc(C(F)(F)F)[nH]n4)n3)n2)c(F)c1. The van der Waals surface area contributed by atoms with Gasteiger partial charge in [0.1, 0.15) is 34.7 Å². The van der Waals surface area contributed by atoms with Crippen molar-refractivity contribution in [3.63, 3.8) is 0 Å². The third-order valence-electron chi connectivity index (χ3n) is 5.29. The van der Waals surface area contributed by atoms with Gasteiger partial charge in [0.25, 0.3) is 0 Å². The van der Waals surface area contributed by atoms with Crippen molar-refractivity contribution in [1.29, 1.82) is 0 Å². The zero-order valence-electron chi connectivity index (χ0n) is 18.3. The molecule has 180 valence electrons. The molecule has 10 heteroatoms. The maximum atomic E-state index is 14.4. The Morgan fingerprint density at radius 2 is 1.33 bits per heavy atom. The van der Waals surface area contributed by atoms with Gasteiger partial charge in [-0.3, -0.25) is 10.00 Å². The molecule has 0 spiro atoms. The number of nitrogens with zero attached hydrogens (tertiary/aromatic N) is 4. The largest absolute Gasteiger partial charge is 0.432 e. The highest BCUT2D eigenvalue weighted by atomic mass is 19.4. The zero-order chi connectivity index (χ0) is 25.3. The molecular formula is C26H16F5N5. The van der Waals surface area contributed by atoms with Crippen LogP contribution in [0.25, 0.3) is 22.6 Å². The number of para-hydroxylation sites is 1. The van der Waals surface area contributed by atoms with E-state index in [9.17, 15) is 22.0 Å². The van der Waals surface area contributed by atoms with Crippen molar-refractivity contribution in [3.8, 4) is 22.6 Å². The van der Waals surface area contributed by atoms with Crippen molar-refractivity contribution >= 4 is 17.3 Å². The highest BCUT2D eigenvalue weighted by Gasteiger charge is 2.33. The molecule has 0 fully saturated rings. The van der Waals surface area contributed by atoms with Crippen molar-refractivity contribution in [2.75, 3.05) is 4.90 Å². The van der Waals surface area contributed by atoms with Gasteiger partial charge >= 0.3 is 6.18 Å². The van der Waals surface area contributed by atoms with E-state index >= 15 is 0 Å². The molecule has 5 nitrogen and oxygen atoms in total. The van der Waals surface area contributed by atoms with Crippen molar-refractivity contribution in [2.24, 2.45) is 0 Å². The topological polar surface area (TPSA) is 57.7 Å². The van der Waals surface area contributed by atoms with Crippen LogP contribution in [0.4, 0.5) is 39.3 Å². The number of aromatic nitrogens is 4. The average molecular weight is 493 g/mol. The second kappa shape index (κ2) is 9.21. The van der Waals surface area contributed by atoms with E-state index in [0.29, 0.717) is 17.3 Å². The van der Waals surface area contributed by atoms with Crippen LogP contribution in [0.2, 0.25) is 0 Å². The summed E-state index contributed by atoms with van der Waals surface area (Å²) in [5.41, 5.74) is 0.284. The van der Waals surface area contributed by atoms with Crippen molar-refractivity contribution < 1.29 is 22.0 Å². The lowest BCUT2D eigenvalue weighted by atomic mass is 10.1. The van der Waals surface area contributed by atoms with Gasteiger partial charge in [-0.15, -0.1) is 0 Å². The second-order valence-electron chi connectivity index (χ2n) is 7.72. The minimum atomic E-state index is -4.57.